The molecule has 1 heterocycles. The van der Waals surface area contributed by atoms with E-state index in [0.717, 1.165) is 0 Å². The molecule has 1 N–H and O–H groups in total. The standard InChI is InChI=1S/C13H15N3O3S/c1-11(17)12-3-2-4-13(9-12)20(18,19)15-6-8-16-7-5-14-10-16/h2-5,7,9-10,15H,6,8H2,1H3. The maximum atomic E-state index is 12.1. The number of nitrogens with zero attached hydrogens (tertiary/aromatic N) is 2. The largest absolute Gasteiger partial charge is 0.336 e. The number of carbonyl (C=O) groups excluding carboxylic acids is 1. The van der Waals surface area contributed by atoms with Crippen molar-refractivity contribution in [2.75, 3.05) is 6.54 Å². The third-order valence-electron chi connectivity index (χ3n) is 2.77. The number of aromatic nitrogens is 2. The van der Waals surface area contributed by atoms with Crippen LogP contribution < -0.4 is 4.72 Å². The fraction of sp³-hybridized carbons (Fsp3) is 0.231. The Morgan fingerprint density at radius 1 is 1.40 bits per heavy atom. The summed E-state index contributed by atoms with van der Waals surface area (Å²) in [6.07, 6.45) is 5.00. The predicted molar refractivity (Wildman–Crippen MR) is 73.9 cm³/mol. The van der Waals surface area contributed by atoms with Gasteiger partial charge in [0.05, 0.1) is 11.2 Å². The Bertz CT molecular complexity index is 693. The second kappa shape index (κ2) is 5.98. The van der Waals surface area contributed by atoms with Crippen molar-refractivity contribution in [2.24, 2.45) is 0 Å². The smallest absolute Gasteiger partial charge is 0.240 e. The molecule has 0 radical (unpaired) electrons. The summed E-state index contributed by atoms with van der Waals surface area (Å²) < 4.78 is 28.4. The minimum Gasteiger partial charge on any atom is -0.336 e. The number of carbonyl (C=O) groups is 1. The number of rotatable bonds is 6. The molecule has 1 aromatic carbocycles. The summed E-state index contributed by atoms with van der Waals surface area (Å²) in [5.41, 5.74) is 0.377. The molecule has 106 valence electrons. The Labute approximate surface area is 117 Å². The molecule has 0 atom stereocenters. The van der Waals surface area contributed by atoms with Crippen molar-refractivity contribution in [1.82, 2.24) is 14.3 Å². The lowest BCUT2D eigenvalue weighted by Gasteiger charge is -2.08. The fourth-order valence-corrected chi connectivity index (χ4v) is 2.76. The van der Waals surface area contributed by atoms with E-state index in [-0.39, 0.29) is 17.2 Å². The molecule has 0 amide bonds. The molecule has 0 unspecified atom stereocenters. The SMILES string of the molecule is CC(=O)c1cccc(S(=O)(=O)NCCn2ccnc2)c1. The van der Waals surface area contributed by atoms with Crippen LogP contribution in [-0.2, 0) is 16.6 Å². The van der Waals surface area contributed by atoms with Gasteiger partial charge < -0.3 is 4.57 Å². The van der Waals surface area contributed by atoms with Crippen LogP contribution in [0.3, 0.4) is 0 Å². The number of hydrogen-bond acceptors (Lipinski definition) is 4. The monoisotopic (exact) mass is 293 g/mol. The lowest BCUT2D eigenvalue weighted by Crippen LogP contribution is -2.27. The molecular weight excluding hydrogens is 278 g/mol. The fourth-order valence-electron chi connectivity index (χ4n) is 1.69. The van der Waals surface area contributed by atoms with Crippen LogP contribution in [0.15, 0.2) is 47.9 Å². The molecule has 0 bridgehead atoms. The number of benzene rings is 1. The predicted octanol–water partition coefficient (Wildman–Crippen LogP) is 1.06. The van der Waals surface area contributed by atoms with E-state index in [9.17, 15) is 13.2 Å². The summed E-state index contributed by atoms with van der Waals surface area (Å²) >= 11 is 0. The summed E-state index contributed by atoms with van der Waals surface area (Å²) in [6.45, 7) is 2.15. The normalized spacial score (nSPS) is 11.4. The Kier molecular flexibility index (Phi) is 4.31. The van der Waals surface area contributed by atoms with E-state index < -0.39 is 10.0 Å². The molecule has 2 rings (SSSR count). The minimum atomic E-state index is -3.61. The van der Waals surface area contributed by atoms with Crippen molar-refractivity contribution >= 4 is 15.8 Å². The first-order chi connectivity index (χ1) is 9.49. The number of nitrogens with one attached hydrogen (secondary N) is 1. The highest BCUT2D eigenvalue weighted by molar-refractivity contribution is 7.89. The van der Waals surface area contributed by atoms with Crippen LogP contribution in [0.25, 0.3) is 0 Å². The quantitative estimate of drug-likeness (QED) is 0.808. The van der Waals surface area contributed by atoms with Gasteiger partial charge in [0, 0.05) is 31.0 Å². The van der Waals surface area contributed by atoms with E-state index in [4.69, 9.17) is 0 Å². The third-order valence-corrected chi connectivity index (χ3v) is 4.23. The van der Waals surface area contributed by atoms with Gasteiger partial charge >= 0.3 is 0 Å². The number of ketones is 1. The zero-order chi connectivity index (χ0) is 14.6. The van der Waals surface area contributed by atoms with Gasteiger partial charge in [-0.25, -0.2) is 18.1 Å². The highest BCUT2D eigenvalue weighted by Gasteiger charge is 2.14. The minimum absolute atomic E-state index is 0.0934. The van der Waals surface area contributed by atoms with Crippen molar-refractivity contribution in [3.8, 4) is 0 Å². The van der Waals surface area contributed by atoms with Crippen LogP contribution >= 0.6 is 0 Å². The molecule has 0 aliphatic heterocycles. The summed E-state index contributed by atoms with van der Waals surface area (Å²) in [5, 5.41) is 0. The molecule has 0 aliphatic carbocycles. The molecule has 6 nitrogen and oxygen atoms in total. The maximum absolute atomic E-state index is 12.1. The van der Waals surface area contributed by atoms with E-state index in [1.165, 1.54) is 19.1 Å². The first kappa shape index (κ1) is 14.4. The second-order valence-electron chi connectivity index (χ2n) is 4.28. The molecule has 2 aromatic rings. The van der Waals surface area contributed by atoms with Crippen LogP contribution in [0.1, 0.15) is 17.3 Å². The summed E-state index contributed by atoms with van der Waals surface area (Å²) in [6, 6.07) is 5.99. The van der Waals surface area contributed by atoms with Crippen molar-refractivity contribution in [3.05, 3.63) is 48.5 Å². The summed E-state index contributed by atoms with van der Waals surface area (Å²) in [5.74, 6) is -0.166. The molecule has 0 spiro atoms. The number of imidazole rings is 1. The molecule has 0 fully saturated rings. The maximum Gasteiger partial charge on any atom is 0.240 e. The van der Waals surface area contributed by atoms with Crippen molar-refractivity contribution in [2.45, 2.75) is 18.4 Å². The molecule has 20 heavy (non-hydrogen) atoms. The van der Waals surface area contributed by atoms with E-state index in [1.807, 2.05) is 0 Å². The first-order valence-electron chi connectivity index (χ1n) is 6.05. The molecule has 1 aromatic heterocycles. The second-order valence-corrected chi connectivity index (χ2v) is 6.05. The van der Waals surface area contributed by atoms with Crippen LogP contribution in [-0.4, -0.2) is 30.3 Å². The van der Waals surface area contributed by atoms with Gasteiger partial charge in [-0.05, 0) is 19.1 Å². The van der Waals surface area contributed by atoms with Gasteiger partial charge in [0.1, 0.15) is 0 Å². The van der Waals surface area contributed by atoms with E-state index in [1.54, 1.807) is 35.4 Å². The summed E-state index contributed by atoms with van der Waals surface area (Å²) in [7, 11) is -3.61. The first-order valence-corrected chi connectivity index (χ1v) is 7.54. The molecule has 0 saturated heterocycles. The van der Waals surface area contributed by atoms with Gasteiger partial charge in [-0.2, -0.15) is 0 Å². The summed E-state index contributed by atoms with van der Waals surface area (Å²) in [4.78, 5) is 15.2. The highest BCUT2D eigenvalue weighted by Crippen LogP contribution is 2.11. The van der Waals surface area contributed by atoms with Gasteiger partial charge in [0.15, 0.2) is 5.78 Å². The van der Waals surface area contributed by atoms with E-state index in [2.05, 4.69) is 9.71 Å². The molecule has 7 heteroatoms. The topological polar surface area (TPSA) is 81.1 Å². The van der Waals surface area contributed by atoms with Crippen LogP contribution in [0.2, 0.25) is 0 Å². The lowest BCUT2D eigenvalue weighted by molar-refractivity contribution is 0.101. The van der Waals surface area contributed by atoms with Crippen LogP contribution in [0.4, 0.5) is 0 Å². The Morgan fingerprint density at radius 3 is 2.85 bits per heavy atom. The van der Waals surface area contributed by atoms with E-state index in [0.29, 0.717) is 12.1 Å². The van der Waals surface area contributed by atoms with Gasteiger partial charge in [-0.3, -0.25) is 4.79 Å². The average Bonchev–Trinajstić information content (AvgIpc) is 2.92. The van der Waals surface area contributed by atoms with Crippen molar-refractivity contribution < 1.29 is 13.2 Å². The zero-order valence-corrected chi connectivity index (χ0v) is 11.8. The van der Waals surface area contributed by atoms with Gasteiger partial charge in [-0.15, -0.1) is 0 Å². The van der Waals surface area contributed by atoms with Crippen LogP contribution in [0.5, 0.6) is 0 Å². The zero-order valence-electron chi connectivity index (χ0n) is 11.0. The average molecular weight is 293 g/mol. The molecule has 0 aliphatic rings. The third kappa shape index (κ3) is 3.52. The Morgan fingerprint density at radius 2 is 2.20 bits per heavy atom. The number of hydrogen-bond donors (Lipinski definition) is 1. The Balaban J connectivity index is 2.06. The lowest BCUT2D eigenvalue weighted by atomic mass is 10.2. The number of sulfonamides is 1. The van der Waals surface area contributed by atoms with Crippen molar-refractivity contribution in [3.63, 3.8) is 0 Å². The molecular formula is C13H15N3O3S. The van der Waals surface area contributed by atoms with Gasteiger partial charge in [-0.1, -0.05) is 12.1 Å². The van der Waals surface area contributed by atoms with Crippen LogP contribution in [0, 0.1) is 0 Å². The van der Waals surface area contributed by atoms with E-state index >= 15 is 0 Å². The highest BCUT2D eigenvalue weighted by atomic mass is 32.2. The molecule has 0 saturated carbocycles. The van der Waals surface area contributed by atoms with Crippen molar-refractivity contribution in [1.29, 1.82) is 0 Å². The van der Waals surface area contributed by atoms with Gasteiger partial charge in [0.25, 0.3) is 0 Å². The number of Topliss-reactive ketones (excluding diaryl/α,β-unsaturated/α-hetero) is 1. The van der Waals surface area contributed by atoms with Gasteiger partial charge in [0.2, 0.25) is 10.0 Å². The Hall–Kier alpha value is -1.99.